The number of nitrogens with one attached hydrogen (secondary N) is 4. The van der Waals surface area contributed by atoms with Crippen molar-refractivity contribution in [3.63, 3.8) is 0 Å². The molecule has 20 heteroatoms. The molecule has 0 saturated heterocycles. The number of quaternary nitrogens is 4. The van der Waals surface area contributed by atoms with E-state index >= 15 is 0 Å². The highest BCUT2D eigenvalue weighted by Crippen LogP contribution is 2.18. The molecule has 0 saturated carbocycles. The van der Waals surface area contributed by atoms with E-state index in [1.54, 1.807) is 0 Å². The molecule has 0 aliphatic heterocycles. The molecule has 0 aliphatic carbocycles. The quantitative estimate of drug-likeness (QED) is 0.0214. The fourth-order valence-electron chi connectivity index (χ4n) is 8.25. The molecule has 0 aromatic rings. The van der Waals surface area contributed by atoms with Gasteiger partial charge in [-0.2, -0.15) is 0 Å². The summed E-state index contributed by atoms with van der Waals surface area (Å²) in [6.07, 6.45) is 28.6. The van der Waals surface area contributed by atoms with Crippen molar-refractivity contribution in [2.45, 2.75) is 256 Å². The predicted octanol–water partition coefficient (Wildman–Crippen LogP) is -7.70. The average Bonchev–Trinajstić information content (AvgIpc) is 3.33. The minimum atomic E-state index is -1.93. The summed E-state index contributed by atoms with van der Waals surface area (Å²) >= 11 is 0. The smallest absolute Gasteiger partial charge is 0.306 e. The zero-order valence-corrected chi connectivity index (χ0v) is 51.5. The normalized spacial score (nSPS) is 12.2. The molecule has 4 atom stereocenters. The summed E-state index contributed by atoms with van der Waals surface area (Å²) in [5.41, 5.74) is 15.4. The second kappa shape index (κ2) is 58.8. The van der Waals surface area contributed by atoms with E-state index in [1.165, 1.54) is 103 Å². The third kappa shape index (κ3) is 45.9. The molecule has 0 radical (unpaired) electrons. The van der Waals surface area contributed by atoms with Gasteiger partial charge in [-0.3, -0.25) is 28.8 Å². The largest absolute Gasteiger partial charge is 1.00 e. The zero-order chi connectivity index (χ0) is 50.3. The lowest BCUT2D eigenvalue weighted by molar-refractivity contribution is -0.369. The van der Waals surface area contributed by atoms with E-state index < -0.39 is 59.9 Å². The average molecular weight is 1290 g/mol. The lowest BCUT2D eigenvalue weighted by Gasteiger charge is -2.29. The molecule has 430 valence electrons. The molecule has 16 nitrogen and oxygen atoms in total. The van der Waals surface area contributed by atoms with Crippen LogP contribution in [-0.4, -0.2) is 99.1 Å². The summed E-state index contributed by atoms with van der Waals surface area (Å²) in [4.78, 5) is 82.8. The van der Waals surface area contributed by atoms with Crippen LogP contribution >= 0.6 is 0 Å². The Kier molecular flexibility index (Phi) is 64.9. The van der Waals surface area contributed by atoms with Gasteiger partial charge in [-0.1, -0.05) is 168 Å². The maximum atomic E-state index is 14.4. The van der Waals surface area contributed by atoms with E-state index in [-0.39, 0.29) is 107 Å². The van der Waals surface area contributed by atoms with Crippen LogP contribution in [0, 0.1) is 0 Å². The van der Waals surface area contributed by atoms with E-state index in [2.05, 4.69) is 58.0 Å². The van der Waals surface area contributed by atoms with Crippen molar-refractivity contribution in [1.29, 1.82) is 0 Å². The molecule has 0 rings (SSSR count). The van der Waals surface area contributed by atoms with E-state index in [0.29, 0.717) is 64.7 Å². The first-order chi connectivity index (χ1) is 33.1. The third-order valence-corrected chi connectivity index (χ3v) is 12.5. The molecular formula is C52H106Br4N8O8. The first kappa shape index (κ1) is 79.5. The van der Waals surface area contributed by atoms with Gasteiger partial charge < -0.3 is 122 Å². The Morgan fingerprint density at radius 2 is 0.611 bits per heavy atom. The Hall–Kier alpha value is -1.42. The summed E-state index contributed by atoms with van der Waals surface area (Å²) in [6, 6.07) is -2.06. The van der Waals surface area contributed by atoms with Crippen LogP contribution in [0.1, 0.15) is 232 Å². The summed E-state index contributed by atoms with van der Waals surface area (Å²) in [7, 11) is 0. The van der Waals surface area contributed by atoms with Gasteiger partial charge in [-0.05, 0) is 51.4 Å². The number of rotatable bonds is 49. The molecule has 0 heterocycles. The van der Waals surface area contributed by atoms with Crippen molar-refractivity contribution in [1.82, 2.24) is 21.3 Å². The molecular weight excluding hydrogens is 1180 g/mol. The third-order valence-electron chi connectivity index (χ3n) is 12.5. The van der Waals surface area contributed by atoms with Crippen LogP contribution in [0.25, 0.3) is 0 Å². The first-order valence-electron chi connectivity index (χ1n) is 27.8. The van der Waals surface area contributed by atoms with Gasteiger partial charge in [0.25, 0.3) is 11.8 Å². The van der Waals surface area contributed by atoms with Crippen molar-refractivity contribution in [3.8, 4) is 0 Å². The Morgan fingerprint density at radius 1 is 0.347 bits per heavy atom. The van der Waals surface area contributed by atoms with Gasteiger partial charge in [-0.15, -0.1) is 0 Å². The molecule has 72 heavy (non-hydrogen) atoms. The highest BCUT2D eigenvalue weighted by molar-refractivity contribution is 5.97. The number of amides is 4. The number of halogens is 4. The van der Waals surface area contributed by atoms with Gasteiger partial charge in [0.2, 0.25) is 24.0 Å². The van der Waals surface area contributed by atoms with Crippen LogP contribution < -0.4 is 112 Å². The number of hydrogen-bond donors (Lipinski definition) is 8. The van der Waals surface area contributed by atoms with Gasteiger partial charge in [0.1, 0.15) is 12.1 Å². The van der Waals surface area contributed by atoms with Crippen LogP contribution in [0.15, 0.2) is 0 Å². The lowest BCUT2D eigenvalue weighted by Crippen LogP contribution is -3.00. The standard InChI is InChI=1S/C52H102N8O8.4BrH/c1-3-5-7-9-11-13-15-17-19-21-23-25-27-35-45(61)67-47(51(65)59-43(33-29-31-37-53)49(63)57-41-39-55)48(52(66)60-44(34-30-32-38-54)50(64)58-42-40-56)68-46(62)36-28-26-24-22-20-18-16-14-12-10-8-6-4-2;;;;/h43-44,47-48H,3-42,53-56H2,1-2H3,(H,57,63)(H,58,64)(H,59,65)(H,60,66);4*1H/t43-,44-,47+,48+;;;;/m0..../s1. The van der Waals surface area contributed by atoms with Gasteiger partial charge in [0, 0.05) is 12.8 Å². The number of ether oxygens (including phenoxy) is 2. The van der Waals surface area contributed by atoms with Gasteiger partial charge in [0.15, 0.2) is 0 Å². The van der Waals surface area contributed by atoms with Crippen molar-refractivity contribution in [2.24, 2.45) is 0 Å². The summed E-state index contributed by atoms with van der Waals surface area (Å²) in [5.74, 6) is -4.25. The van der Waals surface area contributed by atoms with E-state index in [9.17, 15) is 28.8 Å². The monoisotopic (exact) mass is 1290 g/mol. The fraction of sp³-hybridized carbons (Fsp3) is 0.885. The van der Waals surface area contributed by atoms with Crippen molar-refractivity contribution in [2.75, 3.05) is 39.3 Å². The van der Waals surface area contributed by atoms with E-state index in [1.807, 2.05) is 0 Å². The SMILES string of the molecule is CCCCCCCCCCCCCCCC(=O)O[C@@H](C(=O)N[C@@H](CCCC[NH3+])C(=O)NCC[NH3+])[C@@H](OC(=O)CCCCCCCCCCCCCCC)C(=O)N[C@@H](CCCC[NH3+])C(=O)NCC[NH3+].[Br-].[Br-].[Br-].[Br-]. The van der Waals surface area contributed by atoms with Gasteiger partial charge >= 0.3 is 11.9 Å². The van der Waals surface area contributed by atoms with Crippen molar-refractivity contribution in [3.05, 3.63) is 0 Å². The number of unbranched alkanes of at least 4 members (excludes halogenated alkanes) is 26. The summed E-state index contributed by atoms with van der Waals surface area (Å²) < 4.78 is 11.7. The molecule has 0 unspecified atom stereocenters. The summed E-state index contributed by atoms with van der Waals surface area (Å²) in [6.45, 7) is 7.17. The number of carbonyl (C=O) groups excluding carboxylic acids is 6. The van der Waals surface area contributed by atoms with Crippen LogP contribution in [0.2, 0.25) is 0 Å². The summed E-state index contributed by atoms with van der Waals surface area (Å²) in [5, 5.41) is 11.0. The topological polar surface area (TPSA) is 280 Å². The zero-order valence-electron chi connectivity index (χ0n) is 45.2. The van der Waals surface area contributed by atoms with E-state index in [4.69, 9.17) is 9.47 Å². The maximum absolute atomic E-state index is 14.4. The fourth-order valence-corrected chi connectivity index (χ4v) is 8.25. The number of hydrogen-bond acceptors (Lipinski definition) is 8. The minimum Gasteiger partial charge on any atom is -1.00 e. The van der Waals surface area contributed by atoms with Crippen LogP contribution in [0.4, 0.5) is 0 Å². The van der Waals surface area contributed by atoms with Gasteiger partial charge in [0.05, 0.1) is 39.3 Å². The molecule has 4 amide bonds. The Morgan fingerprint density at radius 3 is 0.861 bits per heavy atom. The molecule has 0 aromatic carbocycles. The molecule has 0 aliphatic rings. The maximum Gasteiger partial charge on any atom is 0.306 e. The number of carbonyl (C=O) groups is 6. The molecule has 0 bridgehead atoms. The Labute approximate surface area is 478 Å². The molecule has 0 fully saturated rings. The van der Waals surface area contributed by atoms with Crippen LogP contribution in [0.3, 0.4) is 0 Å². The Bertz CT molecular complexity index is 1210. The van der Waals surface area contributed by atoms with Crippen LogP contribution in [-0.2, 0) is 38.2 Å². The van der Waals surface area contributed by atoms with E-state index in [0.717, 1.165) is 51.4 Å². The minimum absolute atomic E-state index is 0. The van der Waals surface area contributed by atoms with Gasteiger partial charge in [-0.25, -0.2) is 0 Å². The lowest BCUT2D eigenvalue weighted by atomic mass is 10.0. The molecule has 16 N–H and O–H groups in total. The highest BCUT2D eigenvalue weighted by Gasteiger charge is 2.42. The second-order valence-electron chi connectivity index (χ2n) is 18.9. The highest BCUT2D eigenvalue weighted by atomic mass is 79.9. The van der Waals surface area contributed by atoms with Crippen molar-refractivity contribution >= 4 is 35.6 Å². The predicted molar refractivity (Wildman–Crippen MR) is 269 cm³/mol. The second-order valence-corrected chi connectivity index (χ2v) is 18.9. The first-order valence-corrected chi connectivity index (χ1v) is 27.8. The van der Waals surface area contributed by atoms with Crippen LogP contribution in [0.5, 0.6) is 0 Å². The Balaban J connectivity index is -0.00000374. The number of esters is 2. The van der Waals surface area contributed by atoms with Crippen molar-refractivity contribution < 1.29 is 129 Å². The molecule has 0 aromatic heterocycles. The molecule has 0 spiro atoms.